The van der Waals surface area contributed by atoms with Gasteiger partial charge in [-0.25, -0.2) is 0 Å². The van der Waals surface area contributed by atoms with Crippen molar-refractivity contribution >= 4 is 34.9 Å². The second-order valence-corrected chi connectivity index (χ2v) is 5.00. The van der Waals surface area contributed by atoms with Crippen LogP contribution in [0, 0.1) is 6.92 Å². The molecule has 1 amide bonds. The molecule has 24 heavy (non-hydrogen) atoms. The summed E-state index contributed by atoms with van der Waals surface area (Å²) in [6, 6.07) is 8.94. The summed E-state index contributed by atoms with van der Waals surface area (Å²) in [7, 11) is 0. The summed E-state index contributed by atoms with van der Waals surface area (Å²) in [5.41, 5.74) is 1.52. The fourth-order valence-electron chi connectivity index (χ4n) is 1.94. The van der Waals surface area contributed by atoms with E-state index in [1.54, 1.807) is 25.1 Å². The van der Waals surface area contributed by atoms with Gasteiger partial charge in [-0.2, -0.15) is 10.1 Å². The molecule has 0 aliphatic heterocycles. The molecule has 0 saturated carbocycles. The largest absolute Gasteiger partial charge is 0.360 e. The molecule has 2 aromatic heterocycles. The molecule has 0 saturated heterocycles. The fourth-order valence-corrected chi connectivity index (χ4v) is 1.94. The highest BCUT2D eigenvalue weighted by atomic mass is 16.5. The van der Waals surface area contributed by atoms with Crippen LogP contribution in [0.1, 0.15) is 12.7 Å². The molecule has 0 aliphatic rings. The van der Waals surface area contributed by atoms with Crippen LogP contribution in [0.2, 0.25) is 0 Å². The first-order valence-electron chi connectivity index (χ1n) is 7.13. The van der Waals surface area contributed by atoms with Crippen LogP contribution in [0.3, 0.4) is 0 Å². The van der Waals surface area contributed by atoms with Crippen molar-refractivity contribution in [2.45, 2.75) is 13.8 Å². The molecule has 9 nitrogen and oxygen atoms in total. The average Bonchev–Trinajstić information content (AvgIpc) is 2.94. The van der Waals surface area contributed by atoms with Gasteiger partial charge in [-0.05, 0) is 31.2 Å². The molecule has 0 fully saturated rings. The summed E-state index contributed by atoms with van der Waals surface area (Å²) in [6.07, 6.45) is 1.50. The molecule has 0 radical (unpaired) electrons. The Morgan fingerprint density at radius 3 is 2.50 bits per heavy atom. The van der Waals surface area contributed by atoms with Crippen molar-refractivity contribution in [2.24, 2.45) is 0 Å². The first kappa shape index (κ1) is 15.4. The Balaban J connectivity index is 1.69. The van der Waals surface area contributed by atoms with Gasteiger partial charge in [0.25, 0.3) is 0 Å². The predicted molar refractivity (Wildman–Crippen MR) is 88.4 cm³/mol. The summed E-state index contributed by atoms with van der Waals surface area (Å²) in [4.78, 5) is 15.3. The van der Waals surface area contributed by atoms with Crippen LogP contribution in [0.15, 0.2) is 41.1 Å². The highest BCUT2D eigenvalue weighted by Crippen LogP contribution is 2.18. The number of carbonyl (C=O) groups excluding carboxylic acids is 1. The van der Waals surface area contributed by atoms with E-state index in [2.05, 4.69) is 36.3 Å². The van der Waals surface area contributed by atoms with E-state index < -0.39 is 0 Å². The lowest BCUT2D eigenvalue weighted by molar-refractivity contribution is -0.114. The van der Waals surface area contributed by atoms with E-state index in [-0.39, 0.29) is 5.91 Å². The summed E-state index contributed by atoms with van der Waals surface area (Å²) >= 11 is 0. The standard InChI is InChI=1S/C15H15N7O2/c1-9-7-13(22-24-9)19-15-20-14(8-16-21-15)18-12-5-3-11(4-6-12)17-10(2)23/h3-8H,1-2H3,(H,17,23)(H2,18,19,20,21,22). The number of aromatic nitrogens is 4. The maximum absolute atomic E-state index is 11.0. The van der Waals surface area contributed by atoms with E-state index in [1.807, 2.05) is 12.1 Å². The minimum Gasteiger partial charge on any atom is -0.360 e. The summed E-state index contributed by atoms with van der Waals surface area (Å²) in [5, 5.41) is 20.3. The molecule has 9 heteroatoms. The number of rotatable bonds is 5. The van der Waals surface area contributed by atoms with Crippen LogP contribution >= 0.6 is 0 Å². The first-order valence-corrected chi connectivity index (χ1v) is 7.13. The molecular formula is C15H15N7O2. The number of benzene rings is 1. The number of hydrogen-bond donors (Lipinski definition) is 3. The van der Waals surface area contributed by atoms with Gasteiger partial charge < -0.3 is 20.5 Å². The van der Waals surface area contributed by atoms with Crippen molar-refractivity contribution in [3.8, 4) is 0 Å². The summed E-state index contributed by atoms with van der Waals surface area (Å²) in [6.45, 7) is 3.25. The van der Waals surface area contributed by atoms with Crippen LogP contribution in [0.4, 0.5) is 29.0 Å². The number of aryl methyl sites for hydroxylation is 1. The monoisotopic (exact) mass is 325 g/mol. The highest BCUT2D eigenvalue weighted by molar-refractivity contribution is 5.88. The van der Waals surface area contributed by atoms with Gasteiger partial charge >= 0.3 is 0 Å². The zero-order chi connectivity index (χ0) is 16.9. The Bertz CT molecular complexity index is 845. The lowest BCUT2D eigenvalue weighted by atomic mass is 10.3. The summed E-state index contributed by atoms with van der Waals surface area (Å²) in [5.74, 6) is 1.88. The van der Waals surface area contributed by atoms with E-state index in [4.69, 9.17) is 4.52 Å². The zero-order valence-electron chi connectivity index (χ0n) is 13.1. The maximum Gasteiger partial charge on any atom is 0.250 e. The molecule has 0 bridgehead atoms. The second-order valence-electron chi connectivity index (χ2n) is 5.00. The van der Waals surface area contributed by atoms with E-state index in [1.165, 1.54) is 13.1 Å². The van der Waals surface area contributed by atoms with Crippen LogP contribution in [-0.4, -0.2) is 26.2 Å². The quantitative estimate of drug-likeness (QED) is 0.655. The number of nitrogens with zero attached hydrogens (tertiary/aromatic N) is 4. The molecule has 0 atom stereocenters. The van der Waals surface area contributed by atoms with Crippen molar-refractivity contribution < 1.29 is 9.32 Å². The van der Waals surface area contributed by atoms with Gasteiger partial charge in [-0.15, -0.1) is 5.10 Å². The van der Waals surface area contributed by atoms with Gasteiger partial charge in [0, 0.05) is 24.4 Å². The minimum absolute atomic E-state index is 0.116. The number of nitrogens with one attached hydrogen (secondary N) is 3. The molecule has 2 heterocycles. The average molecular weight is 325 g/mol. The smallest absolute Gasteiger partial charge is 0.250 e. The predicted octanol–water partition coefficient (Wildman–Crippen LogP) is 2.61. The molecule has 3 N–H and O–H groups in total. The summed E-state index contributed by atoms with van der Waals surface area (Å²) < 4.78 is 4.97. The Morgan fingerprint density at radius 1 is 1.08 bits per heavy atom. The first-order chi connectivity index (χ1) is 11.6. The van der Waals surface area contributed by atoms with E-state index in [0.717, 1.165) is 11.4 Å². The molecule has 1 aromatic carbocycles. The molecule has 3 aromatic rings. The molecular weight excluding hydrogens is 310 g/mol. The lowest BCUT2D eigenvalue weighted by Gasteiger charge is -2.07. The zero-order valence-corrected chi connectivity index (χ0v) is 13.1. The lowest BCUT2D eigenvalue weighted by Crippen LogP contribution is -2.05. The van der Waals surface area contributed by atoms with Crippen LogP contribution < -0.4 is 16.0 Å². The Hall–Kier alpha value is -3.49. The maximum atomic E-state index is 11.0. The second kappa shape index (κ2) is 6.73. The SMILES string of the molecule is CC(=O)Nc1ccc(Nc2cnnc(Nc3cc(C)on3)n2)cc1. The van der Waals surface area contributed by atoms with E-state index in [0.29, 0.717) is 23.3 Å². The van der Waals surface area contributed by atoms with Crippen molar-refractivity contribution in [1.82, 2.24) is 20.3 Å². The van der Waals surface area contributed by atoms with E-state index in [9.17, 15) is 4.79 Å². The number of amides is 1. The molecule has 122 valence electrons. The van der Waals surface area contributed by atoms with Crippen LogP contribution in [0.25, 0.3) is 0 Å². The third-order valence-corrected chi connectivity index (χ3v) is 2.90. The van der Waals surface area contributed by atoms with Gasteiger partial charge in [0.15, 0.2) is 11.6 Å². The van der Waals surface area contributed by atoms with Crippen LogP contribution in [0.5, 0.6) is 0 Å². The van der Waals surface area contributed by atoms with Crippen LogP contribution in [-0.2, 0) is 4.79 Å². The van der Waals surface area contributed by atoms with Crippen molar-refractivity contribution in [3.63, 3.8) is 0 Å². The van der Waals surface area contributed by atoms with Gasteiger partial charge in [-0.1, -0.05) is 5.16 Å². The van der Waals surface area contributed by atoms with Crippen molar-refractivity contribution in [1.29, 1.82) is 0 Å². The third kappa shape index (κ3) is 4.03. The van der Waals surface area contributed by atoms with Gasteiger partial charge in [-0.3, -0.25) is 4.79 Å². The molecule has 3 rings (SSSR count). The highest BCUT2D eigenvalue weighted by Gasteiger charge is 2.05. The van der Waals surface area contributed by atoms with Gasteiger partial charge in [0.2, 0.25) is 11.9 Å². The molecule has 0 unspecified atom stereocenters. The van der Waals surface area contributed by atoms with Gasteiger partial charge in [0.05, 0.1) is 6.20 Å². The molecule has 0 aliphatic carbocycles. The normalized spacial score (nSPS) is 10.2. The third-order valence-electron chi connectivity index (χ3n) is 2.90. The van der Waals surface area contributed by atoms with Crippen molar-refractivity contribution in [2.75, 3.05) is 16.0 Å². The van der Waals surface area contributed by atoms with E-state index >= 15 is 0 Å². The Labute approximate surface area is 137 Å². The minimum atomic E-state index is -0.116. The fraction of sp³-hybridized carbons (Fsp3) is 0.133. The number of carbonyl (C=O) groups is 1. The topological polar surface area (TPSA) is 118 Å². The Morgan fingerprint density at radius 2 is 1.83 bits per heavy atom. The Kier molecular flexibility index (Phi) is 4.32. The molecule has 0 spiro atoms. The van der Waals surface area contributed by atoms with Crippen molar-refractivity contribution in [3.05, 3.63) is 42.3 Å². The number of anilines is 5. The number of hydrogen-bond acceptors (Lipinski definition) is 8. The van der Waals surface area contributed by atoms with Gasteiger partial charge in [0.1, 0.15) is 5.76 Å².